The minimum absolute atomic E-state index is 0. The van der Waals surface area contributed by atoms with Crippen LogP contribution in [0, 0.1) is 0 Å². The Balaban J connectivity index is 0.00000385. The number of fused-ring (bicyclic) bond motifs is 4. The van der Waals surface area contributed by atoms with Crippen molar-refractivity contribution < 1.29 is 42.5 Å². The Kier molecular flexibility index (Phi) is 12.2. The second kappa shape index (κ2) is 14.0. The monoisotopic (exact) mass is 478 g/mol. The van der Waals surface area contributed by atoms with E-state index in [1.165, 1.54) is 51.4 Å². The van der Waals surface area contributed by atoms with Gasteiger partial charge in [-0.05, 0) is 53.5 Å². The van der Waals surface area contributed by atoms with E-state index in [-0.39, 0.29) is 34.5 Å². The van der Waals surface area contributed by atoms with Crippen molar-refractivity contribution in [2.45, 2.75) is 109 Å². The molecule has 0 radical (unpaired) electrons. The summed E-state index contributed by atoms with van der Waals surface area (Å²) in [5.74, 6) is 0. The Bertz CT molecular complexity index is 998. The molecule has 2 aromatic rings. The molecule has 1 aliphatic rings. The van der Waals surface area contributed by atoms with Crippen LogP contribution in [0.25, 0.3) is 22.3 Å². The van der Waals surface area contributed by atoms with E-state index in [1.54, 1.807) is 0 Å². The van der Waals surface area contributed by atoms with Crippen LogP contribution < -0.4 is 29.6 Å². The summed E-state index contributed by atoms with van der Waals surface area (Å²) < 4.78 is 37.5. The van der Waals surface area contributed by atoms with Gasteiger partial charge in [-0.1, -0.05) is 108 Å². The fraction of sp³-hybridized carbons (Fsp3) is 0.571. The zero-order valence-corrected chi connectivity index (χ0v) is 23.7. The first kappa shape index (κ1) is 28.6. The molecule has 176 valence electrons. The molecule has 0 N–H and O–H groups in total. The fourth-order valence-electron chi connectivity index (χ4n) is 5.06. The van der Waals surface area contributed by atoms with Crippen molar-refractivity contribution in [1.82, 2.24) is 0 Å². The van der Waals surface area contributed by atoms with E-state index < -0.39 is 10.1 Å². The molecule has 3 rings (SSSR count). The van der Waals surface area contributed by atoms with Crippen LogP contribution in [0.1, 0.15) is 102 Å². The maximum absolute atomic E-state index is 12.5. The minimum atomic E-state index is -4.54. The third-order valence-corrected chi connectivity index (χ3v) is 7.74. The first-order valence-electron chi connectivity index (χ1n) is 12.7. The Labute approximate surface area is 223 Å². The Morgan fingerprint density at radius 1 is 0.697 bits per heavy atom. The number of rotatable bonds is 15. The van der Waals surface area contributed by atoms with Crippen LogP contribution in [0.4, 0.5) is 0 Å². The normalized spacial score (nSPS) is 12.0. The van der Waals surface area contributed by atoms with E-state index >= 15 is 0 Å². The zero-order valence-electron chi connectivity index (χ0n) is 20.9. The SMILES string of the molecule is CCCCCCCCc1cc2c(c(S(=O)(=O)[O-])c1CCCCCCCC)-c1ccccc1-2.[Na+]. The quantitative estimate of drug-likeness (QED) is 0.175. The number of hydrogen-bond acceptors (Lipinski definition) is 3. The van der Waals surface area contributed by atoms with E-state index in [1.807, 2.05) is 24.3 Å². The summed E-state index contributed by atoms with van der Waals surface area (Å²) in [4.78, 5) is 0.0724. The maximum atomic E-state index is 12.5. The van der Waals surface area contributed by atoms with Crippen molar-refractivity contribution in [3.8, 4) is 22.3 Å². The van der Waals surface area contributed by atoms with Gasteiger partial charge < -0.3 is 4.55 Å². The van der Waals surface area contributed by atoms with Gasteiger partial charge in [-0.2, -0.15) is 0 Å². The minimum Gasteiger partial charge on any atom is -0.744 e. The summed E-state index contributed by atoms with van der Waals surface area (Å²) in [5.41, 5.74) is 5.48. The van der Waals surface area contributed by atoms with Gasteiger partial charge in [-0.25, -0.2) is 8.42 Å². The van der Waals surface area contributed by atoms with Crippen LogP contribution in [0.3, 0.4) is 0 Å². The molecule has 0 aliphatic heterocycles. The molecule has 3 nitrogen and oxygen atoms in total. The van der Waals surface area contributed by atoms with E-state index in [2.05, 4.69) is 19.9 Å². The molecule has 0 saturated heterocycles. The molecule has 0 saturated carbocycles. The molecule has 5 heteroatoms. The Morgan fingerprint density at radius 2 is 1.21 bits per heavy atom. The van der Waals surface area contributed by atoms with E-state index in [9.17, 15) is 13.0 Å². The topological polar surface area (TPSA) is 57.2 Å². The summed E-state index contributed by atoms with van der Waals surface area (Å²) in [7, 11) is -4.54. The third-order valence-electron chi connectivity index (χ3n) is 6.79. The third kappa shape index (κ3) is 7.41. The van der Waals surface area contributed by atoms with E-state index in [0.717, 1.165) is 59.9 Å². The predicted molar refractivity (Wildman–Crippen MR) is 133 cm³/mol. The standard InChI is InChI=1S/C28H40O3S.Na/c1-3-5-7-9-11-13-17-22-21-26-24-19-15-16-20-25(24)27(26)28(32(29,30)31)23(22)18-14-12-10-8-6-4-2;/h15-16,19-21H,3-14,17-18H2,1-2H3,(H,29,30,31);/q;+1/p-1. The number of unbranched alkanes of at least 4 members (excludes halogenated alkanes) is 10. The number of aryl methyl sites for hydroxylation is 1. The maximum Gasteiger partial charge on any atom is 1.00 e. The molecule has 0 heterocycles. The largest absolute Gasteiger partial charge is 1.00 e. The molecule has 0 atom stereocenters. The second-order valence-corrected chi connectivity index (χ2v) is 10.6. The average molecular weight is 479 g/mol. The van der Waals surface area contributed by atoms with Gasteiger partial charge in [-0.3, -0.25) is 0 Å². The van der Waals surface area contributed by atoms with Crippen LogP contribution in [-0.4, -0.2) is 13.0 Å². The summed E-state index contributed by atoms with van der Waals surface area (Å²) >= 11 is 0. The molecule has 1 aliphatic carbocycles. The molecule has 0 amide bonds. The van der Waals surface area contributed by atoms with Gasteiger partial charge in [0.2, 0.25) is 0 Å². The van der Waals surface area contributed by atoms with Gasteiger partial charge in [0.1, 0.15) is 10.1 Å². The van der Waals surface area contributed by atoms with E-state index in [4.69, 9.17) is 0 Å². The smallest absolute Gasteiger partial charge is 0.744 e. The molecular weight excluding hydrogens is 439 g/mol. The van der Waals surface area contributed by atoms with Crippen molar-refractivity contribution in [1.29, 1.82) is 0 Å². The molecular formula is C28H39NaO3S. The van der Waals surface area contributed by atoms with Crippen molar-refractivity contribution >= 4 is 10.1 Å². The Morgan fingerprint density at radius 3 is 1.79 bits per heavy atom. The summed E-state index contributed by atoms with van der Waals surface area (Å²) in [6.07, 6.45) is 15.6. The first-order chi connectivity index (χ1) is 15.5. The second-order valence-electron chi connectivity index (χ2n) is 9.30. The summed E-state index contributed by atoms with van der Waals surface area (Å²) in [6.45, 7) is 4.43. The van der Waals surface area contributed by atoms with E-state index in [0.29, 0.717) is 12.0 Å². The summed E-state index contributed by atoms with van der Waals surface area (Å²) in [6, 6.07) is 10.0. The number of benzene rings is 2. The fourth-order valence-corrected chi connectivity index (χ4v) is 6.06. The van der Waals surface area contributed by atoms with Crippen molar-refractivity contribution in [2.75, 3.05) is 0 Å². The first-order valence-corrected chi connectivity index (χ1v) is 14.1. The summed E-state index contributed by atoms with van der Waals surface area (Å²) in [5, 5.41) is 0. The van der Waals surface area contributed by atoms with Gasteiger partial charge in [0.25, 0.3) is 0 Å². The molecule has 0 aromatic heterocycles. The van der Waals surface area contributed by atoms with Crippen LogP contribution in [-0.2, 0) is 23.0 Å². The van der Waals surface area contributed by atoms with Crippen molar-refractivity contribution in [3.05, 3.63) is 41.5 Å². The van der Waals surface area contributed by atoms with Crippen molar-refractivity contribution in [2.24, 2.45) is 0 Å². The van der Waals surface area contributed by atoms with Gasteiger partial charge in [-0.15, -0.1) is 0 Å². The van der Waals surface area contributed by atoms with Gasteiger partial charge in [0, 0.05) is 5.56 Å². The molecule has 0 unspecified atom stereocenters. The van der Waals surface area contributed by atoms with Crippen LogP contribution >= 0.6 is 0 Å². The molecule has 0 spiro atoms. The molecule has 0 bridgehead atoms. The van der Waals surface area contributed by atoms with Gasteiger partial charge in [0.15, 0.2) is 0 Å². The van der Waals surface area contributed by atoms with Gasteiger partial charge >= 0.3 is 29.6 Å². The number of hydrogen-bond donors (Lipinski definition) is 0. The Hall–Kier alpha value is -0.650. The molecule has 0 fully saturated rings. The zero-order chi connectivity index (χ0) is 23.0. The molecule has 2 aromatic carbocycles. The van der Waals surface area contributed by atoms with Gasteiger partial charge in [0.05, 0.1) is 4.90 Å². The average Bonchev–Trinajstić information content (AvgIpc) is 2.76. The molecule has 33 heavy (non-hydrogen) atoms. The van der Waals surface area contributed by atoms with Crippen LogP contribution in [0.15, 0.2) is 35.2 Å². The van der Waals surface area contributed by atoms with Crippen LogP contribution in [0.2, 0.25) is 0 Å². The van der Waals surface area contributed by atoms with Crippen LogP contribution in [0.5, 0.6) is 0 Å². The predicted octanol–water partition coefficient (Wildman–Crippen LogP) is 5.05. The van der Waals surface area contributed by atoms with Crippen molar-refractivity contribution in [3.63, 3.8) is 0 Å².